The fourth-order valence-electron chi connectivity index (χ4n) is 3.67. The van der Waals surface area contributed by atoms with Gasteiger partial charge in [0.1, 0.15) is 5.75 Å². The molecule has 0 saturated heterocycles. The average Bonchev–Trinajstić information content (AvgIpc) is 2.80. The lowest BCUT2D eigenvalue weighted by molar-refractivity contribution is 0.0688. The highest BCUT2D eigenvalue weighted by Crippen LogP contribution is 2.31. The maximum atomic E-state index is 12.5. The highest BCUT2D eigenvalue weighted by atomic mass is 16.5. The van der Waals surface area contributed by atoms with E-state index in [1.807, 2.05) is 0 Å². The van der Waals surface area contributed by atoms with Crippen LogP contribution in [0.2, 0.25) is 0 Å². The molecular weight excluding hydrogens is 424 g/mol. The standard InChI is InChI=1S/C26H28O7/c1-2-22(27)21-15-19(9-10-20(21)26(31)32)33-11-5-3-4-6-23(28)17-8-7-16-13-24(29)25(30)14-18(16)12-17/h7-10,12-15,22,27,29-30H,2-6,11H2,1H3,(H,31,32). The van der Waals surface area contributed by atoms with Crippen molar-refractivity contribution >= 4 is 22.5 Å². The number of hydrogen-bond donors (Lipinski definition) is 4. The first kappa shape index (κ1) is 24.1. The molecule has 3 aromatic rings. The zero-order chi connectivity index (χ0) is 24.0. The third-order valence-electron chi connectivity index (χ3n) is 5.57. The minimum atomic E-state index is -1.09. The Kier molecular flexibility index (Phi) is 7.90. The molecule has 0 aliphatic carbocycles. The number of carbonyl (C=O) groups excluding carboxylic acids is 1. The number of aromatic carboxylic acids is 1. The number of aromatic hydroxyl groups is 2. The highest BCUT2D eigenvalue weighted by Gasteiger charge is 2.17. The molecule has 7 heteroatoms. The number of hydrogen-bond acceptors (Lipinski definition) is 6. The van der Waals surface area contributed by atoms with E-state index < -0.39 is 12.1 Å². The van der Waals surface area contributed by atoms with Crippen molar-refractivity contribution in [3.63, 3.8) is 0 Å². The maximum Gasteiger partial charge on any atom is 0.336 e. The molecule has 174 valence electrons. The predicted octanol–water partition coefficient (Wildman–Crippen LogP) is 5.21. The molecule has 0 fully saturated rings. The van der Waals surface area contributed by atoms with Gasteiger partial charge in [-0.3, -0.25) is 4.79 Å². The van der Waals surface area contributed by atoms with Crippen LogP contribution in [0.5, 0.6) is 17.2 Å². The molecule has 3 aromatic carbocycles. The Morgan fingerprint density at radius 1 is 0.909 bits per heavy atom. The summed E-state index contributed by atoms with van der Waals surface area (Å²) in [6.07, 6.45) is 2.12. The van der Waals surface area contributed by atoms with Crippen LogP contribution in [0.4, 0.5) is 0 Å². The fraction of sp³-hybridized carbons (Fsp3) is 0.308. The normalized spacial score (nSPS) is 11.9. The molecule has 0 amide bonds. The number of phenols is 2. The first-order chi connectivity index (χ1) is 15.8. The summed E-state index contributed by atoms with van der Waals surface area (Å²) < 4.78 is 5.70. The van der Waals surface area contributed by atoms with Crippen LogP contribution in [0, 0.1) is 0 Å². The van der Waals surface area contributed by atoms with Crippen molar-refractivity contribution < 1.29 is 34.8 Å². The number of aliphatic hydroxyl groups excluding tert-OH is 1. The number of carboxylic acids is 1. The van der Waals surface area contributed by atoms with E-state index in [9.17, 15) is 30.0 Å². The zero-order valence-electron chi connectivity index (χ0n) is 18.5. The summed E-state index contributed by atoms with van der Waals surface area (Å²) in [6, 6.07) is 12.7. The van der Waals surface area contributed by atoms with Crippen LogP contribution in [0.25, 0.3) is 10.8 Å². The lowest BCUT2D eigenvalue weighted by Crippen LogP contribution is -2.08. The van der Waals surface area contributed by atoms with Crippen molar-refractivity contribution in [3.05, 3.63) is 65.2 Å². The van der Waals surface area contributed by atoms with E-state index in [1.165, 1.54) is 18.2 Å². The quantitative estimate of drug-likeness (QED) is 0.179. The first-order valence-electron chi connectivity index (χ1n) is 11.0. The summed E-state index contributed by atoms with van der Waals surface area (Å²) in [5.74, 6) is -0.993. The van der Waals surface area contributed by atoms with Gasteiger partial charge >= 0.3 is 5.97 Å². The Bertz CT molecular complexity index is 1150. The molecule has 0 aliphatic heterocycles. The van der Waals surface area contributed by atoms with Gasteiger partial charge < -0.3 is 25.2 Å². The summed E-state index contributed by atoms with van der Waals surface area (Å²) in [5, 5.41) is 40.0. The van der Waals surface area contributed by atoms with Crippen LogP contribution < -0.4 is 4.74 Å². The highest BCUT2D eigenvalue weighted by molar-refractivity contribution is 6.00. The molecule has 0 spiro atoms. The molecule has 33 heavy (non-hydrogen) atoms. The van der Waals surface area contributed by atoms with Crippen LogP contribution in [0.3, 0.4) is 0 Å². The molecule has 3 rings (SSSR count). The van der Waals surface area contributed by atoms with Crippen molar-refractivity contribution in [2.24, 2.45) is 0 Å². The van der Waals surface area contributed by atoms with Gasteiger partial charge in [0.05, 0.1) is 18.3 Å². The van der Waals surface area contributed by atoms with Gasteiger partial charge in [0.2, 0.25) is 0 Å². The van der Waals surface area contributed by atoms with Gasteiger partial charge in [-0.05, 0) is 78.4 Å². The third-order valence-corrected chi connectivity index (χ3v) is 5.57. The maximum absolute atomic E-state index is 12.5. The number of phenolic OH excluding ortho intramolecular Hbond substituents is 2. The molecular formula is C26H28O7. The summed E-state index contributed by atoms with van der Waals surface area (Å²) in [7, 11) is 0. The van der Waals surface area contributed by atoms with E-state index in [0.717, 1.165) is 18.2 Å². The fourth-order valence-corrected chi connectivity index (χ4v) is 3.67. The smallest absolute Gasteiger partial charge is 0.336 e. The van der Waals surface area contributed by atoms with E-state index in [2.05, 4.69) is 0 Å². The van der Waals surface area contributed by atoms with E-state index in [0.29, 0.717) is 48.1 Å². The Hall–Kier alpha value is -3.58. The number of rotatable bonds is 11. The molecule has 1 unspecified atom stereocenters. The van der Waals surface area contributed by atoms with Crippen molar-refractivity contribution in [2.75, 3.05) is 6.61 Å². The topological polar surface area (TPSA) is 124 Å². The number of carbonyl (C=O) groups is 2. The largest absolute Gasteiger partial charge is 0.504 e. The molecule has 0 aromatic heterocycles. The van der Waals surface area contributed by atoms with Crippen molar-refractivity contribution in [2.45, 2.75) is 45.1 Å². The molecule has 0 radical (unpaired) electrons. The van der Waals surface area contributed by atoms with Crippen molar-refractivity contribution in [1.82, 2.24) is 0 Å². The van der Waals surface area contributed by atoms with Gasteiger partial charge in [0.25, 0.3) is 0 Å². The monoisotopic (exact) mass is 452 g/mol. The number of ether oxygens (including phenoxy) is 1. The molecule has 0 heterocycles. The third kappa shape index (κ3) is 6.02. The SMILES string of the molecule is CCC(O)c1cc(OCCCCCC(=O)c2ccc3cc(O)c(O)cc3c2)ccc1C(=O)O. The summed E-state index contributed by atoms with van der Waals surface area (Å²) >= 11 is 0. The van der Waals surface area contributed by atoms with Crippen LogP contribution in [-0.2, 0) is 0 Å². The minimum absolute atomic E-state index is 0.00726. The molecule has 0 bridgehead atoms. The van der Waals surface area contributed by atoms with Crippen LogP contribution in [0.15, 0.2) is 48.5 Å². The van der Waals surface area contributed by atoms with Crippen molar-refractivity contribution in [3.8, 4) is 17.2 Å². The second-order valence-electron chi connectivity index (χ2n) is 7.96. The number of carboxylic acid groups (broad SMARTS) is 1. The minimum Gasteiger partial charge on any atom is -0.504 e. The van der Waals surface area contributed by atoms with Gasteiger partial charge in [-0.1, -0.05) is 19.1 Å². The number of fused-ring (bicyclic) bond motifs is 1. The van der Waals surface area contributed by atoms with Gasteiger partial charge in [0.15, 0.2) is 17.3 Å². The van der Waals surface area contributed by atoms with Gasteiger partial charge in [-0.2, -0.15) is 0 Å². The van der Waals surface area contributed by atoms with Crippen LogP contribution >= 0.6 is 0 Å². The van der Waals surface area contributed by atoms with Crippen molar-refractivity contribution in [1.29, 1.82) is 0 Å². The number of benzene rings is 3. The Labute approximate surface area is 191 Å². The number of unbranched alkanes of at least 4 members (excludes halogenated alkanes) is 2. The van der Waals surface area contributed by atoms with E-state index in [1.54, 1.807) is 37.3 Å². The van der Waals surface area contributed by atoms with Crippen LogP contribution in [0.1, 0.15) is 71.4 Å². The number of aliphatic hydroxyl groups is 1. The van der Waals surface area contributed by atoms with Gasteiger partial charge in [-0.15, -0.1) is 0 Å². The first-order valence-corrected chi connectivity index (χ1v) is 11.0. The van der Waals surface area contributed by atoms with E-state index >= 15 is 0 Å². The molecule has 0 aliphatic rings. The van der Waals surface area contributed by atoms with Gasteiger partial charge in [-0.25, -0.2) is 4.79 Å². The summed E-state index contributed by atoms with van der Waals surface area (Å²) in [6.45, 7) is 2.19. The van der Waals surface area contributed by atoms with Crippen LogP contribution in [-0.4, -0.2) is 38.8 Å². The van der Waals surface area contributed by atoms with Gasteiger partial charge in [0, 0.05) is 12.0 Å². The Morgan fingerprint density at radius 3 is 2.33 bits per heavy atom. The average molecular weight is 453 g/mol. The molecule has 4 N–H and O–H groups in total. The lowest BCUT2D eigenvalue weighted by Gasteiger charge is -2.14. The summed E-state index contributed by atoms with van der Waals surface area (Å²) in [5.41, 5.74) is 0.965. The Morgan fingerprint density at radius 2 is 1.64 bits per heavy atom. The molecule has 0 saturated carbocycles. The second kappa shape index (κ2) is 10.8. The summed E-state index contributed by atoms with van der Waals surface area (Å²) in [4.78, 5) is 23.8. The molecule has 1 atom stereocenters. The van der Waals surface area contributed by atoms with E-state index in [4.69, 9.17) is 4.74 Å². The lowest BCUT2D eigenvalue weighted by atomic mass is 10.0. The van der Waals surface area contributed by atoms with E-state index in [-0.39, 0.29) is 22.8 Å². The number of ketones is 1. The number of Topliss-reactive ketones (excluding diaryl/α,β-unsaturated/α-hetero) is 1. The predicted molar refractivity (Wildman–Crippen MR) is 124 cm³/mol. The molecule has 7 nitrogen and oxygen atoms in total. The Balaban J connectivity index is 1.47. The second-order valence-corrected chi connectivity index (χ2v) is 7.96. The zero-order valence-corrected chi connectivity index (χ0v) is 18.5.